The van der Waals surface area contributed by atoms with E-state index in [-0.39, 0.29) is 23.5 Å². The highest BCUT2D eigenvalue weighted by atomic mass is 19.3. The van der Waals surface area contributed by atoms with Gasteiger partial charge >= 0.3 is 0 Å². The molecule has 4 nitrogen and oxygen atoms in total. The Morgan fingerprint density at radius 1 is 1.24 bits per heavy atom. The number of Topliss-reactive ketones (excluding diaryl/α,β-unsaturated/α-hetero) is 1. The van der Waals surface area contributed by atoms with Gasteiger partial charge in [-0.2, -0.15) is 0 Å². The fourth-order valence-corrected chi connectivity index (χ4v) is 3.63. The van der Waals surface area contributed by atoms with E-state index in [0.717, 1.165) is 30.3 Å². The smallest absolute Gasteiger partial charge is 0.270 e. The normalized spacial score (nSPS) is 14.4. The maximum Gasteiger partial charge on any atom is 0.270 e. The molecule has 1 aromatic heterocycles. The minimum atomic E-state index is -2.96. The molecule has 152 valence electrons. The van der Waals surface area contributed by atoms with Gasteiger partial charge in [0.15, 0.2) is 5.78 Å². The highest BCUT2D eigenvalue weighted by Gasteiger charge is 2.26. The zero-order chi connectivity index (χ0) is 20.6. The Hall–Kier alpha value is -2.76. The Labute approximate surface area is 168 Å². The van der Waals surface area contributed by atoms with Crippen LogP contribution in [0.5, 0.6) is 5.75 Å². The minimum Gasteiger partial charge on any atom is -0.508 e. The van der Waals surface area contributed by atoms with Crippen LogP contribution < -0.4 is 0 Å². The molecule has 0 aliphatic heterocycles. The van der Waals surface area contributed by atoms with Crippen LogP contribution in [0.3, 0.4) is 0 Å². The van der Waals surface area contributed by atoms with Crippen molar-refractivity contribution < 1.29 is 18.7 Å². The molecule has 0 amide bonds. The lowest BCUT2D eigenvalue weighted by Crippen LogP contribution is -2.09. The number of aromatic nitrogens is 2. The van der Waals surface area contributed by atoms with Gasteiger partial charge in [-0.15, -0.1) is 0 Å². The van der Waals surface area contributed by atoms with Crippen LogP contribution in [0.25, 0.3) is 11.0 Å². The van der Waals surface area contributed by atoms with Crippen molar-refractivity contribution in [2.75, 3.05) is 0 Å². The van der Waals surface area contributed by atoms with Crippen molar-refractivity contribution in [2.24, 2.45) is 5.92 Å². The van der Waals surface area contributed by atoms with Gasteiger partial charge in [-0.25, -0.2) is 13.8 Å². The number of phenols is 1. The highest BCUT2D eigenvalue weighted by Crippen LogP contribution is 2.33. The van der Waals surface area contributed by atoms with Gasteiger partial charge in [0, 0.05) is 43.5 Å². The van der Waals surface area contributed by atoms with E-state index in [1.54, 1.807) is 24.3 Å². The second-order valence-electron chi connectivity index (χ2n) is 8.00. The predicted molar refractivity (Wildman–Crippen MR) is 107 cm³/mol. The van der Waals surface area contributed by atoms with E-state index >= 15 is 0 Å². The third kappa shape index (κ3) is 4.47. The molecule has 6 heteroatoms. The average molecular weight is 398 g/mol. The first-order valence-corrected chi connectivity index (χ1v) is 10.0. The number of ketones is 1. The average Bonchev–Trinajstić information content (AvgIpc) is 3.44. The molecule has 2 aromatic carbocycles. The summed E-state index contributed by atoms with van der Waals surface area (Å²) < 4.78 is 29.2. The van der Waals surface area contributed by atoms with E-state index in [1.165, 1.54) is 31.0 Å². The fraction of sp³-hybridized carbons (Fsp3) is 0.391. The summed E-state index contributed by atoms with van der Waals surface area (Å²) >= 11 is 0. The van der Waals surface area contributed by atoms with Crippen LogP contribution in [0, 0.1) is 5.92 Å². The molecular weight excluding hydrogens is 374 g/mol. The van der Waals surface area contributed by atoms with Crippen LogP contribution in [0.2, 0.25) is 0 Å². The SMILES string of the molecule is CC(F)(F)c1cccc(C(=O)CCCc2nc3ccc(O)cc3n2CC2CC2)c1. The molecule has 0 unspecified atom stereocenters. The van der Waals surface area contributed by atoms with Crippen LogP contribution in [-0.4, -0.2) is 20.4 Å². The van der Waals surface area contributed by atoms with Crippen molar-refractivity contribution in [1.29, 1.82) is 0 Å². The third-order valence-electron chi connectivity index (χ3n) is 5.44. The van der Waals surface area contributed by atoms with Crippen molar-refractivity contribution in [3.8, 4) is 5.75 Å². The van der Waals surface area contributed by atoms with Crippen LogP contribution in [-0.2, 0) is 18.9 Å². The number of alkyl halides is 2. The number of imidazole rings is 1. The van der Waals surface area contributed by atoms with Crippen molar-refractivity contribution in [3.05, 3.63) is 59.4 Å². The molecule has 0 atom stereocenters. The Kier molecular flexibility index (Phi) is 5.11. The lowest BCUT2D eigenvalue weighted by atomic mass is 10.0. The van der Waals surface area contributed by atoms with Gasteiger partial charge in [0.25, 0.3) is 5.92 Å². The molecule has 1 heterocycles. The van der Waals surface area contributed by atoms with Crippen molar-refractivity contribution in [1.82, 2.24) is 9.55 Å². The molecule has 4 rings (SSSR count). The Morgan fingerprint density at radius 3 is 2.76 bits per heavy atom. The summed E-state index contributed by atoms with van der Waals surface area (Å²) in [5.41, 5.74) is 1.92. The lowest BCUT2D eigenvalue weighted by Gasteiger charge is -2.11. The standard InChI is InChI=1S/C23H24F2N2O2/c1-23(24,25)17-5-2-4-16(12-17)21(29)6-3-7-22-26-19-11-10-18(28)13-20(19)27(22)14-15-8-9-15/h2,4-5,10-13,15,28H,3,6-9,14H2,1H3. The predicted octanol–water partition coefficient (Wildman–Crippen LogP) is 5.47. The van der Waals surface area contributed by atoms with Crippen molar-refractivity contribution >= 4 is 16.8 Å². The van der Waals surface area contributed by atoms with E-state index in [2.05, 4.69) is 4.57 Å². The number of fused-ring (bicyclic) bond motifs is 1. The number of rotatable bonds is 8. The molecule has 1 aliphatic rings. The first-order chi connectivity index (χ1) is 13.8. The first kappa shape index (κ1) is 19.6. The van der Waals surface area contributed by atoms with Crippen LogP contribution >= 0.6 is 0 Å². The zero-order valence-electron chi connectivity index (χ0n) is 16.4. The maximum atomic E-state index is 13.5. The molecule has 0 spiro atoms. The molecular formula is C23H24F2N2O2. The number of hydrogen-bond donors (Lipinski definition) is 1. The first-order valence-electron chi connectivity index (χ1n) is 10.0. The molecule has 1 fully saturated rings. The van der Waals surface area contributed by atoms with Gasteiger partial charge in [0.05, 0.1) is 11.0 Å². The third-order valence-corrected chi connectivity index (χ3v) is 5.44. The summed E-state index contributed by atoms with van der Waals surface area (Å²) in [4.78, 5) is 17.2. The monoisotopic (exact) mass is 398 g/mol. The van der Waals surface area contributed by atoms with Crippen LogP contribution in [0.15, 0.2) is 42.5 Å². The molecule has 0 bridgehead atoms. The van der Waals surface area contributed by atoms with Gasteiger partial charge in [-0.3, -0.25) is 4.79 Å². The Bertz CT molecular complexity index is 1050. The number of hydrogen-bond acceptors (Lipinski definition) is 3. The van der Waals surface area contributed by atoms with E-state index in [9.17, 15) is 18.7 Å². The topological polar surface area (TPSA) is 55.1 Å². The van der Waals surface area contributed by atoms with Gasteiger partial charge in [0.1, 0.15) is 11.6 Å². The van der Waals surface area contributed by atoms with Crippen molar-refractivity contribution in [3.63, 3.8) is 0 Å². The van der Waals surface area contributed by atoms with Crippen LogP contribution in [0.4, 0.5) is 8.78 Å². The number of halogens is 2. The fourth-order valence-electron chi connectivity index (χ4n) is 3.63. The van der Waals surface area contributed by atoms with Gasteiger partial charge in [-0.1, -0.05) is 18.2 Å². The summed E-state index contributed by atoms with van der Waals surface area (Å²) in [5, 5.41) is 9.83. The van der Waals surface area contributed by atoms with Crippen LogP contribution in [0.1, 0.15) is 54.4 Å². The molecule has 0 saturated heterocycles. The highest BCUT2D eigenvalue weighted by molar-refractivity contribution is 5.96. The molecule has 29 heavy (non-hydrogen) atoms. The second-order valence-corrected chi connectivity index (χ2v) is 8.00. The zero-order valence-corrected chi connectivity index (χ0v) is 16.4. The Morgan fingerprint density at radius 2 is 2.03 bits per heavy atom. The second kappa shape index (κ2) is 7.58. The molecule has 1 aliphatic carbocycles. The number of nitrogens with zero attached hydrogens (tertiary/aromatic N) is 2. The van der Waals surface area contributed by atoms with E-state index in [0.29, 0.717) is 24.3 Å². The number of carbonyl (C=O) groups excluding carboxylic acids is 1. The summed E-state index contributed by atoms with van der Waals surface area (Å²) in [7, 11) is 0. The number of phenolic OH excluding ortho intramolecular Hbond substituents is 1. The molecule has 0 radical (unpaired) electrons. The lowest BCUT2D eigenvalue weighted by molar-refractivity contribution is 0.0174. The molecule has 1 N–H and O–H groups in total. The summed E-state index contributed by atoms with van der Waals surface area (Å²) in [5.74, 6) is -1.34. The molecule has 1 saturated carbocycles. The number of carbonyl (C=O) groups is 1. The maximum absolute atomic E-state index is 13.5. The Balaban J connectivity index is 1.47. The quantitative estimate of drug-likeness (QED) is 0.512. The summed E-state index contributed by atoms with van der Waals surface area (Å²) in [6, 6.07) is 10.9. The van der Waals surface area contributed by atoms with Crippen molar-refractivity contribution in [2.45, 2.75) is 51.5 Å². The number of aromatic hydroxyl groups is 1. The summed E-state index contributed by atoms with van der Waals surface area (Å²) in [6.45, 7) is 1.70. The molecule has 3 aromatic rings. The number of aryl methyl sites for hydroxylation is 1. The summed E-state index contributed by atoms with van der Waals surface area (Å²) in [6.07, 6.45) is 3.89. The largest absolute Gasteiger partial charge is 0.508 e. The van der Waals surface area contributed by atoms with Gasteiger partial charge < -0.3 is 9.67 Å². The van der Waals surface area contributed by atoms with E-state index < -0.39 is 5.92 Å². The number of benzene rings is 2. The van der Waals surface area contributed by atoms with Gasteiger partial charge in [0.2, 0.25) is 0 Å². The van der Waals surface area contributed by atoms with E-state index in [4.69, 9.17) is 4.98 Å². The van der Waals surface area contributed by atoms with Gasteiger partial charge in [-0.05, 0) is 43.4 Å². The minimum absolute atomic E-state index is 0.140. The van der Waals surface area contributed by atoms with E-state index in [1.807, 2.05) is 0 Å².